The van der Waals surface area contributed by atoms with Gasteiger partial charge in [0.1, 0.15) is 12.1 Å². The van der Waals surface area contributed by atoms with E-state index in [9.17, 15) is 8.78 Å². The summed E-state index contributed by atoms with van der Waals surface area (Å²) in [6.07, 6.45) is 1.43. The molecule has 0 N–H and O–H groups in total. The van der Waals surface area contributed by atoms with E-state index < -0.39 is 11.6 Å². The lowest BCUT2D eigenvalue weighted by atomic mass is 10.1. The van der Waals surface area contributed by atoms with Crippen LogP contribution in [0.3, 0.4) is 0 Å². The quantitative estimate of drug-likeness (QED) is 0.746. The summed E-state index contributed by atoms with van der Waals surface area (Å²) >= 11 is 0. The number of benzene rings is 1. The molecule has 0 aliphatic heterocycles. The first-order chi connectivity index (χ1) is 10.5. The first-order valence-corrected chi connectivity index (χ1v) is 6.82. The van der Waals surface area contributed by atoms with Gasteiger partial charge in [-0.15, -0.1) is 0 Å². The van der Waals surface area contributed by atoms with E-state index in [0.717, 1.165) is 17.6 Å². The van der Waals surface area contributed by atoms with E-state index in [1.54, 1.807) is 10.6 Å². The lowest BCUT2D eigenvalue weighted by Crippen LogP contribution is -2.24. The van der Waals surface area contributed by atoms with Crippen molar-refractivity contribution in [1.29, 1.82) is 0 Å². The second-order valence-corrected chi connectivity index (χ2v) is 5.19. The average molecular weight is 303 g/mol. The standard InChI is InChI=1S/C15H15F2N5/c1-9-6-14(22-15(20-9)18-8-19-22)21(3)10(2)11-4-5-12(16)13(17)7-11/h4-8,10H,1-3H3/t10-/m1/s1. The van der Waals surface area contributed by atoms with Crippen molar-refractivity contribution in [2.24, 2.45) is 0 Å². The van der Waals surface area contributed by atoms with Crippen LogP contribution in [0.4, 0.5) is 14.6 Å². The van der Waals surface area contributed by atoms with Crippen LogP contribution in [0.2, 0.25) is 0 Å². The second kappa shape index (κ2) is 5.32. The number of hydrogen-bond donors (Lipinski definition) is 0. The lowest BCUT2D eigenvalue weighted by molar-refractivity contribution is 0.505. The van der Waals surface area contributed by atoms with E-state index in [-0.39, 0.29) is 6.04 Å². The first kappa shape index (κ1) is 14.4. The largest absolute Gasteiger partial charge is 0.353 e. The average Bonchev–Trinajstić information content (AvgIpc) is 2.95. The predicted molar refractivity (Wildman–Crippen MR) is 78.7 cm³/mol. The fraction of sp³-hybridized carbons (Fsp3) is 0.267. The zero-order valence-corrected chi connectivity index (χ0v) is 12.5. The predicted octanol–water partition coefficient (Wildman–Crippen LogP) is 2.91. The highest BCUT2D eigenvalue weighted by atomic mass is 19.2. The summed E-state index contributed by atoms with van der Waals surface area (Å²) in [5, 5.41) is 4.16. The van der Waals surface area contributed by atoms with Gasteiger partial charge in [-0.05, 0) is 31.5 Å². The molecule has 0 spiro atoms. The van der Waals surface area contributed by atoms with Gasteiger partial charge in [-0.1, -0.05) is 6.07 Å². The van der Waals surface area contributed by atoms with Crippen LogP contribution in [0.5, 0.6) is 0 Å². The van der Waals surface area contributed by atoms with Gasteiger partial charge in [0.05, 0.1) is 6.04 Å². The summed E-state index contributed by atoms with van der Waals surface area (Å²) in [6, 6.07) is 5.62. The Morgan fingerprint density at radius 2 is 1.95 bits per heavy atom. The minimum atomic E-state index is -0.852. The molecule has 0 saturated carbocycles. The second-order valence-electron chi connectivity index (χ2n) is 5.19. The SMILES string of the molecule is Cc1cc(N(C)[C@H](C)c2ccc(F)c(F)c2)n2ncnc2n1. The van der Waals surface area contributed by atoms with Crippen molar-refractivity contribution >= 4 is 11.6 Å². The maximum Gasteiger partial charge on any atom is 0.254 e. The number of fused-ring (bicyclic) bond motifs is 1. The Hall–Kier alpha value is -2.57. The van der Waals surface area contributed by atoms with Gasteiger partial charge in [0.25, 0.3) is 5.78 Å². The zero-order valence-electron chi connectivity index (χ0n) is 12.5. The van der Waals surface area contributed by atoms with Crippen molar-refractivity contribution in [2.45, 2.75) is 19.9 Å². The van der Waals surface area contributed by atoms with Gasteiger partial charge in [0, 0.05) is 18.8 Å². The molecule has 0 amide bonds. The van der Waals surface area contributed by atoms with Crippen molar-refractivity contribution in [1.82, 2.24) is 19.6 Å². The Kier molecular flexibility index (Phi) is 3.48. The van der Waals surface area contributed by atoms with Gasteiger partial charge < -0.3 is 4.90 Å². The van der Waals surface area contributed by atoms with Crippen LogP contribution in [-0.4, -0.2) is 26.6 Å². The van der Waals surface area contributed by atoms with Gasteiger partial charge in [0.15, 0.2) is 11.6 Å². The van der Waals surface area contributed by atoms with Crippen LogP contribution in [0.1, 0.15) is 24.2 Å². The monoisotopic (exact) mass is 303 g/mol. The van der Waals surface area contributed by atoms with Crippen LogP contribution < -0.4 is 4.90 Å². The Morgan fingerprint density at radius 1 is 1.18 bits per heavy atom. The molecule has 22 heavy (non-hydrogen) atoms. The molecule has 0 unspecified atom stereocenters. The van der Waals surface area contributed by atoms with E-state index in [4.69, 9.17) is 0 Å². The summed E-state index contributed by atoms with van der Waals surface area (Å²) < 4.78 is 28.1. The van der Waals surface area contributed by atoms with Crippen molar-refractivity contribution in [3.05, 3.63) is 53.5 Å². The Morgan fingerprint density at radius 3 is 2.68 bits per heavy atom. The van der Waals surface area contributed by atoms with Crippen molar-refractivity contribution < 1.29 is 8.78 Å². The fourth-order valence-electron chi connectivity index (χ4n) is 2.36. The number of anilines is 1. The maximum atomic E-state index is 13.4. The third kappa shape index (κ3) is 2.38. The van der Waals surface area contributed by atoms with E-state index >= 15 is 0 Å². The zero-order chi connectivity index (χ0) is 15.9. The molecule has 5 nitrogen and oxygen atoms in total. The number of rotatable bonds is 3. The van der Waals surface area contributed by atoms with E-state index in [1.165, 1.54) is 12.4 Å². The molecule has 1 aromatic carbocycles. The van der Waals surface area contributed by atoms with Crippen molar-refractivity contribution in [3.63, 3.8) is 0 Å². The molecule has 0 fully saturated rings. The number of aromatic nitrogens is 4. The summed E-state index contributed by atoms with van der Waals surface area (Å²) in [5.41, 5.74) is 1.48. The van der Waals surface area contributed by atoms with Gasteiger partial charge in [-0.2, -0.15) is 14.6 Å². The molecule has 0 radical (unpaired) electrons. The summed E-state index contributed by atoms with van der Waals surface area (Å²) in [6.45, 7) is 3.78. The Labute approximate surface area is 126 Å². The third-order valence-electron chi connectivity index (χ3n) is 3.73. The molecule has 3 aromatic rings. The molecule has 3 rings (SSSR count). The number of hydrogen-bond acceptors (Lipinski definition) is 4. The molecule has 2 heterocycles. The Balaban J connectivity index is 2.02. The summed E-state index contributed by atoms with van der Waals surface area (Å²) in [7, 11) is 1.86. The van der Waals surface area contributed by atoms with E-state index in [0.29, 0.717) is 11.3 Å². The van der Waals surface area contributed by atoms with Gasteiger partial charge in [-0.25, -0.2) is 13.8 Å². The Bertz CT molecular complexity index is 830. The first-order valence-electron chi connectivity index (χ1n) is 6.82. The number of aryl methyl sites for hydroxylation is 1. The lowest BCUT2D eigenvalue weighted by Gasteiger charge is -2.27. The van der Waals surface area contributed by atoms with Crippen LogP contribution >= 0.6 is 0 Å². The van der Waals surface area contributed by atoms with Gasteiger partial charge >= 0.3 is 0 Å². The molecule has 114 valence electrons. The molecule has 1 atom stereocenters. The number of halogens is 2. The smallest absolute Gasteiger partial charge is 0.254 e. The molecule has 0 aliphatic rings. The third-order valence-corrected chi connectivity index (χ3v) is 3.73. The normalized spacial score (nSPS) is 12.6. The van der Waals surface area contributed by atoms with Crippen LogP contribution in [0.25, 0.3) is 5.78 Å². The highest BCUT2D eigenvalue weighted by Crippen LogP contribution is 2.26. The minimum Gasteiger partial charge on any atom is -0.353 e. The van der Waals surface area contributed by atoms with E-state index in [2.05, 4.69) is 15.1 Å². The fourth-order valence-corrected chi connectivity index (χ4v) is 2.36. The molecule has 0 saturated heterocycles. The van der Waals surface area contributed by atoms with Gasteiger partial charge in [-0.3, -0.25) is 0 Å². The summed E-state index contributed by atoms with van der Waals surface area (Å²) in [5.74, 6) is -0.428. The number of nitrogens with zero attached hydrogens (tertiary/aromatic N) is 5. The van der Waals surface area contributed by atoms with Gasteiger partial charge in [0.2, 0.25) is 0 Å². The van der Waals surface area contributed by atoms with Crippen molar-refractivity contribution in [2.75, 3.05) is 11.9 Å². The molecule has 0 bridgehead atoms. The molecule has 2 aromatic heterocycles. The van der Waals surface area contributed by atoms with Crippen molar-refractivity contribution in [3.8, 4) is 0 Å². The highest BCUT2D eigenvalue weighted by Gasteiger charge is 2.18. The van der Waals surface area contributed by atoms with Crippen LogP contribution in [0, 0.1) is 18.6 Å². The molecular formula is C15H15F2N5. The minimum absolute atomic E-state index is 0.177. The molecule has 7 heteroatoms. The van der Waals surface area contributed by atoms with Crippen LogP contribution in [-0.2, 0) is 0 Å². The topological polar surface area (TPSA) is 46.3 Å². The molecule has 0 aliphatic carbocycles. The maximum absolute atomic E-state index is 13.4. The highest BCUT2D eigenvalue weighted by molar-refractivity contribution is 5.48. The van der Waals surface area contributed by atoms with E-state index in [1.807, 2.05) is 31.9 Å². The summed E-state index contributed by atoms with van der Waals surface area (Å²) in [4.78, 5) is 10.3. The molecular weight excluding hydrogens is 288 g/mol. The van der Waals surface area contributed by atoms with Crippen LogP contribution in [0.15, 0.2) is 30.6 Å².